The highest BCUT2D eigenvalue weighted by atomic mass is 16.7. The van der Waals surface area contributed by atoms with Crippen LogP contribution in [0.15, 0.2) is 24.3 Å². The smallest absolute Gasteiger partial charge is 0.306 e. The fourth-order valence-corrected chi connectivity index (χ4v) is 8.65. The Balaban J connectivity index is 2.77. The average Bonchev–Trinajstić information content (AvgIpc) is 3.31. The highest BCUT2D eigenvalue weighted by Gasteiger charge is 2.47. The summed E-state index contributed by atoms with van der Waals surface area (Å²) in [6.07, 6.45) is 38.0. The van der Waals surface area contributed by atoms with Gasteiger partial charge in [-0.15, -0.1) is 0 Å². The highest BCUT2D eigenvalue weighted by Crippen LogP contribution is 2.26. The maximum atomic E-state index is 13.3. The van der Waals surface area contributed by atoms with Gasteiger partial charge in [-0.3, -0.25) is 9.59 Å². The molecule has 0 radical (unpaired) electrons. The number of hydrogen-bond acceptors (Lipinski definition) is 10. The quantitative estimate of drug-likeness (QED) is 0.0196. The molecule has 66 heavy (non-hydrogen) atoms. The standard InChI is InChI=1S/C55H103NO10/c1-4-7-10-13-16-19-22-25-28-31-34-37-40-43-50(60)66-53-52(62)51(61)49(44-57)65-55(53)64-45-46(47(58)41-38-35-32-29-26-23-20-17-14-11-8-5-2)56-54(63)48(59)42-39-36-33-30-27-24-21-18-15-12-9-6-3/h27,30,38,41,46-49,51-53,55,57-59,61-62H,4-26,28-29,31-37,39-40,42-45H2,1-3H3,(H,56,63)/b30-27-,41-38+. The van der Waals surface area contributed by atoms with Crippen LogP contribution < -0.4 is 5.32 Å². The van der Waals surface area contributed by atoms with E-state index in [4.69, 9.17) is 14.2 Å². The summed E-state index contributed by atoms with van der Waals surface area (Å²) in [7, 11) is 0. The molecule has 1 saturated heterocycles. The first-order chi connectivity index (χ1) is 32.2. The van der Waals surface area contributed by atoms with Gasteiger partial charge in [0.1, 0.15) is 24.4 Å². The maximum absolute atomic E-state index is 13.3. The van der Waals surface area contributed by atoms with Crippen LogP contribution in [0.4, 0.5) is 0 Å². The molecule has 388 valence electrons. The highest BCUT2D eigenvalue weighted by molar-refractivity contribution is 5.80. The second-order valence-corrected chi connectivity index (χ2v) is 19.3. The van der Waals surface area contributed by atoms with Crippen LogP contribution in [0.3, 0.4) is 0 Å². The molecular weight excluding hydrogens is 835 g/mol. The molecule has 0 spiro atoms. The van der Waals surface area contributed by atoms with Crippen LogP contribution in [0.25, 0.3) is 0 Å². The summed E-state index contributed by atoms with van der Waals surface area (Å²) in [4.78, 5) is 26.3. The summed E-state index contributed by atoms with van der Waals surface area (Å²) in [5.74, 6) is -1.21. The van der Waals surface area contributed by atoms with Gasteiger partial charge in [0.15, 0.2) is 12.4 Å². The Morgan fingerprint density at radius 3 is 1.47 bits per heavy atom. The first-order valence-corrected chi connectivity index (χ1v) is 27.6. The van der Waals surface area contributed by atoms with Crippen molar-refractivity contribution in [1.82, 2.24) is 5.32 Å². The Labute approximate surface area is 403 Å². The molecule has 1 heterocycles. The van der Waals surface area contributed by atoms with Crippen LogP contribution in [0.2, 0.25) is 0 Å². The molecule has 1 aliphatic rings. The number of hydrogen-bond donors (Lipinski definition) is 6. The third-order valence-corrected chi connectivity index (χ3v) is 13.1. The molecule has 0 aromatic carbocycles. The molecule has 1 rings (SSSR count). The van der Waals surface area contributed by atoms with Crippen LogP contribution >= 0.6 is 0 Å². The predicted molar refractivity (Wildman–Crippen MR) is 269 cm³/mol. The Bertz CT molecular complexity index is 1170. The van der Waals surface area contributed by atoms with E-state index in [0.29, 0.717) is 12.8 Å². The maximum Gasteiger partial charge on any atom is 0.306 e. The third-order valence-electron chi connectivity index (χ3n) is 13.1. The van der Waals surface area contributed by atoms with Gasteiger partial charge in [-0.25, -0.2) is 0 Å². The van der Waals surface area contributed by atoms with Gasteiger partial charge >= 0.3 is 5.97 Å². The average molecular weight is 938 g/mol. The molecule has 0 aromatic rings. The van der Waals surface area contributed by atoms with Gasteiger partial charge in [0.25, 0.3) is 0 Å². The number of carbonyl (C=O) groups is 2. The van der Waals surface area contributed by atoms with E-state index in [2.05, 4.69) is 38.2 Å². The molecule has 0 saturated carbocycles. The van der Waals surface area contributed by atoms with E-state index in [1.807, 2.05) is 6.08 Å². The van der Waals surface area contributed by atoms with E-state index in [1.165, 1.54) is 148 Å². The first-order valence-electron chi connectivity index (χ1n) is 27.6. The van der Waals surface area contributed by atoms with E-state index >= 15 is 0 Å². The van der Waals surface area contributed by atoms with Crippen molar-refractivity contribution in [3.63, 3.8) is 0 Å². The summed E-state index contributed by atoms with van der Waals surface area (Å²) >= 11 is 0. The summed E-state index contributed by atoms with van der Waals surface area (Å²) in [5.41, 5.74) is 0. The zero-order valence-electron chi connectivity index (χ0n) is 42.6. The molecular formula is C55H103NO10. The van der Waals surface area contributed by atoms with Crippen molar-refractivity contribution in [3.05, 3.63) is 24.3 Å². The second kappa shape index (κ2) is 44.4. The number of amides is 1. The van der Waals surface area contributed by atoms with Crippen LogP contribution in [0, 0.1) is 0 Å². The number of esters is 1. The first kappa shape index (κ1) is 62.2. The molecule has 1 aliphatic heterocycles. The zero-order valence-corrected chi connectivity index (χ0v) is 42.6. The number of aliphatic hydroxyl groups is 5. The van der Waals surface area contributed by atoms with Gasteiger partial charge < -0.3 is 45.1 Å². The molecule has 8 unspecified atom stereocenters. The molecule has 0 aromatic heterocycles. The lowest BCUT2D eigenvalue weighted by Gasteiger charge is -2.41. The number of nitrogens with one attached hydrogen (secondary N) is 1. The minimum Gasteiger partial charge on any atom is -0.454 e. The lowest BCUT2D eigenvalue weighted by molar-refractivity contribution is -0.305. The number of ether oxygens (including phenoxy) is 3. The Hall–Kier alpha value is -1.86. The minimum absolute atomic E-state index is 0.127. The van der Waals surface area contributed by atoms with Crippen LogP contribution in [0.5, 0.6) is 0 Å². The predicted octanol–water partition coefficient (Wildman–Crippen LogP) is 11.8. The van der Waals surface area contributed by atoms with Crippen LogP contribution in [-0.2, 0) is 23.8 Å². The topological polar surface area (TPSA) is 175 Å². The van der Waals surface area contributed by atoms with Crippen LogP contribution in [0.1, 0.15) is 252 Å². The Morgan fingerprint density at radius 1 is 0.576 bits per heavy atom. The van der Waals surface area contributed by atoms with E-state index < -0.39 is 67.4 Å². The van der Waals surface area contributed by atoms with Gasteiger partial charge in [-0.1, -0.05) is 218 Å². The van der Waals surface area contributed by atoms with Gasteiger partial charge in [0.05, 0.1) is 25.4 Å². The minimum atomic E-state index is -1.61. The lowest BCUT2D eigenvalue weighted by atomic mass is 9.99. The van der Waals surface area contributed by atoms with Crippen molar-refractivity contribution in [2.45, 2.75) is 301 Å². The molecule has 11 heteroatoms. The van der Waals surface area contributed by atoms with Crippen molar-refractivity contribution in [2.24, 2.45) is 0 Å². The summed E-state index contributed by atoms with van der Waals surface area (Å²) in [5, 5.41) is 56.6. The van der Waals surface area contributed by atoms with Gasteiger partial charge in [-0.2, -0.15) is 0 Å². The van der Waals surface area contributed by atoms with Crippen molar-refractivity contribution in [1.29, 1.82) is 0 Å². The van der Waals surface area contributed by atoms with Crippen molar-refractivity contribution in [2.75, 3.05) is 13.2 Å². The summed E-state index contributed by atoms with van der Waals surface area (Å²) < 4.78 is 17.5. The third kappa shape index (κ3) is 32.8. The van der Waals surface area contributed by atoms with Gasteiger partial charge in [0.2, 0.25) is 5.91 Å². The van der Waals surface area contributed by atoms with Crippen molar-refractivity contribution < 1.29 is 49.3 Å². The number of carbonyl (C=O) groups excluding carboxylic acids is 2. The normalized spacial score (nSPS) is 20.3. The summed E-state index contributed by atoms with van der Waals surface area (Å²) in [6, 6.07) is -1.02. The molecule has 0 bridgehead atoms. The SMILES string of the molecule is CCCCCCCC/C=C\CCCCC(O)C(=O)NC(COC1OC(CO)C(O)C(O)C1OC(=O)CCCCCCCCCCCCCCC)C(O)/C=C/CCCCCCCCCCCC. The molecule has 8 atom stereocenters. The number of allylic oxidation sites excluding steroid dienone is 3. The van der Waals surface area contributed by atoms with Gasteiger partial charge in [-0.05, 0) is 51.4 Å². The lowest BCUT2D eigenvalue weighted by Crippen LogP contribution is -2.61. The molecule has 6 N–H and O–H groups in total. The van der Waals surface area contributed by atoms with Gasteiger partial charge in [0, 0.05) is 6.42 Å². The number of aliphatic hydroxyl groups excluding tert-OH is 5. The van der Waals surface area contributed by atoms with E-state index in [0.717, 1.165) is 57.8 Å². The van der Waals surface area contributed by atoms with Crippen LogP contribution in [-0.4, -0.2) is 99.6 Å². The van der Waals surface area contributed by atoms with Crippen molar-refractivity contribution in [3.8, 4) is 0 Å². The number of unbranched alkanes of at least 4 members (excludes halogenated alkanes) is 30. The second-order valence-electron chi connectivity index (χ2n) is 19.3. The van der Waals surface area contributed by atoms with E-state index in [-0.39, 0.29) is 19.4 Å². The number of rotatable bonds is 46. The summed E-state index contributed by atoms with van der Waals surface area (Å²) in [6.45, 7) is 5.75. The molecule has 11 nitrogen and oxygen atoms in total. The molecule has 1 amide bonds. The monoisotopic (exact) mass is 938 g/mol. The van der Waals surface area contributed by atoms with E-state index in [1.54, 1.807) is 6.08 Å². The Kier molecular flexibility index (Phi) is 41.8. The Morgan fingerprint density at radius 2 is 1.00 bits per heavy atom. The fraction of sp³-hybridized carbons (Fsp3) is 0.891. The largest absolute Gasteiger partial charge is 0.454 e. The van der Waals surface area contributed by atoms with Crippen molar-refractivity contribution >= 4 is 11.9 Å². The molecule has 1 fully saturated rings. The van der Waals surface area contributed by atoms with E-state index in [9.17, 15) is 35.1 Å². The fourth-order valence-electron chi connectivity index (χ4n) is 8.65. The zero-order chi connectivity index (χ0) is 48.3. The molecule has 0 aliphatic carbocycles.